The van der Waals surface area contributed by atoms with E-state index in [1.54, 1.807) is 6.92 Å². The first-order valence-corrected chi connectivity index (χ1v) is 6.03. The number of carbonyl (C=O) groups excluding carboxylic acids is 3. The van der Waals surface area contributed by atoms with Gasteiger partial charge in [0.2, 0.25) is 0 Å². The number of rotatable bonds is 2. The van der Waals surface area contributed by atoms with Gasteiger partial charge < -0.3 is 9.47 Å². The highest BCUT2D eigenvalue weighted by atomic mass is 16.6. The molecule has 2 saturated heterocycles. The molecule has 0 spiro atoms. The van der Waals surface area contributed by atoms with Gasteiger partial charge in [-0.2, -0.15) is 0 Å². The second-order valence-corrected chi connectivity index (χ2v) is 4.49. The molecule has 2 heterocycles. The molecule has 2 aliphatic heterocycles. The van der Waals surface area contributed by atoms with E-state index in [0.717, 1.165) is 6.42 Å². The second-order valence-electron chi connectivity index (χ2n) is 4.49. The Morgan fingerprint density at radius 3 is 2.88 bits per heavy atom. The Hall–Kier alpha value is -1.39. The van der Waals surface area contributed by atoms with Gasteiger partial charge in [-0.05, 0) is 26.2 Å². The molecule has 2 bridgehead atoms. The fraction of sp³-hybridized carbons (Fsp3) is 0.750. The molecule has 5 nitrogen and oxygen atoms in total. The first-order valence-electron chi connectivity index (χ1n) is 6.03. The van der Waals surface area contributed by atoms with Crippen LogP contribution in [0.5, 0.6) is 0 Å². The number of carbonyl (C=O) groups is 3. The molecule has 0 radical (unpaired) electrons. The summed E-state index contributed by atoms with van der Waals surface area (Å²) in [6.07, 6.45) is 1.50. The summed E-state index contributed by atoms with van der Waals surface area (Å²) in [6.45, 7) is 1.99. The summed E-state index contributed by atoms with van der Waals surface area (Å²) >= 11 is 0. The Labute approximate surface area is 99.5 Å². The van der Waals surface area contributed by atoms with E-state index in [4.69, 9.17) is 9.47 Å². The van der Waals surface area contributed by atoms with Crippen molar-refractivity contribution < 1.29 is 23.9 Å². The first kappa shape index (κ1) is 12.1. The maximum Gasteiger partial charge on any atom is 0.316 e. The standard InChI is InChI=1S/C12H16O5/c1-2-16-11(14)8-6-9(13)7-4-3-5-10(8)17-12(7)15/h7-8,10H,2-6H2,1H3/t7-,8-,10+/m1/s1. The molecule has 17 heavy (non-hydrogen) atoms. The van der Waals surface area contributed by atoms with Crippen LogP contribution in [0.2, 0.25) is 0 Å². The molecule has 3 atom stereocenters. The minimum Gasteiger partial charge on any atom is -0.466 e. The van der Waals surface area contributed by atoms with E-state index in [0.29, 0.717) is 12.8 Å². The monoisotopic (exact) mass is 240 g/mol. The molecular formula is C12H16O5. The van der Waals surface area contributed by atoms with Crippen molar-refractivity contribution in [1.82, 2.24) is 0 Å². The van der Waals surface area contributed by atoms with E-state index in [9.17, 15) is 14.4 Å². The third kappa shape index (κ3) is 2.33. The SMILES string of the molecule is CCOC(=O)[C@@H]1CC(=O)[C@H]2CCC[C@@H]1OC2=O. The first-order chi connectivity index (χ1) is 8.13. The van der Waals surface area contributed by atoms with E-state index in [1.165, 1.54) is 0 Å². The van der Waals surface area contributed by atoms with E-state index < -0.39 is 29.9 Å². The minimum atomic E-state index is -0.667. The van der Waals surface area contributed by atoms with Crippen LogP contribution < -0.4 is 0 Å². The maximum atomic E-state index is 11.8. The third-order valence-corrected chi connectivity index (χ3v) is 3.38. The van der Waals surface area contributed by atoms with Crippen molar-refractivity contribution in [3.63, 3.8) is 0 Å². The third-order valence-electron chi connectivity index (χ3n) is 3.38. The largest absolute Gasteiger partial charge is 0.466 e. The number of hydrogen-bond acceptors (Lipinski definition) is 5. The fourth-order valence-corrected chi connectivity index (χ4v) is 2.48. The molecule has 0 N–H and O–H groups in total. The molecule has 0 aromatic rings. The van der Waals surface area contributed by atoms with Crippen molar-refractivity contribution in [3.05, 3.63) is 0 Å². The smallest absolute Gasteiger partial charge is 0.316 e. The summed E-state index contributed by atoms with van der Waals surface area (Å²) in [5.74, 6) is -2.36. The number of esters is 2. The molecular weight excluding hydrogens is 224 g/mol. The van der Waals surface area contributed by atoms with Crippen LogP contribution in [-0.4, -0.2) is 30.4 Å². The van der Waals surface area contributed by atoms with Gasteiger partial charge >= 0.3 is 11.9 Å². The number of ether oxygens (including phenoxy) is 2. The van der Waals surface area contributed by atoms with Crippen molar-refractivity contribution in [2.24, 2.45) is 11.8 Å². The highest BCUT2D eigenvalue weighted by molar-refractivity contribution is 6.01. The van der Waals surface area contributed by atoms with Gasteiger partial charge in [-0.15, -0.1) is 0 Å². The Bertz CT molecular complexity index is 349. The Morgan fingerprint density at radius 2 is 2.18 bits per heavy atom. The zero-order valence-corrected chi connectivity index (χ0v) is 9.81. The zero-order chi connectivity index (χ0) is 12.4. The van der Waals surface area contributed by atoms with Crippen molar-refractivity contribution >= 4 is 17.7 Å². The summed E-state index contributed by atoms with van der Waals surface area (Å²) in [7, 11) is 0. The van der Waals surface area contributed by atoms with Gasteiger partial charge in [0.1, 0.15) is 23.7 Å². The lowest BCUT2D eigenvalue weighted by Gasteiger charge is -2.22. The average Bonchev–Trinajstić information content (AvgIpc) is 2.52. The second kappa shape index (κ2) is 4.85. The number of Topliss-reactive ketones (excluding diaryl/α,β-unsaturated/α-hetero) is 1. The van der Waals surface area contributed by atoms with Gasteiger partial charge in [0, 0.05) is 6.42 Å². The van der Waals surface area contributed by atoms with E-state index >= 15 is 0 Å². The van der Waals surface area contributed by atoms with Crippen LogP contribution in [-0.2, 0) is 23.9 Å². The Kier molecular flexibility index (Phi) is 3.45. The lowest BCUT2D eigenvalue weighted by molar-refractivity contribution is -0.160. The van der Waals surface area contributed by atoms with Crippen molar-refractivity contribution in [1.29, 1.82) is 0 Å². The number of hydrogen-bond donors (Lipinski definition) is 0. The summed E-state index contributed by atoms with van der Waals surface area (Å²) in [5.41, 5.74) is 0. The molecule has 0 aliphatic carbocycles. The van der Waals surface area contributed by atoms with Gasteiger partial charge in [0.15, 0.2) is 0 Å². The topological polar surface area (TPSA) is 69.7 Å². The fourth-order valence-electron chi connectivity index (χ4n) is 2.48. The van der Waals surface area contributed by atoms with Crippen molar-refractivity contribution in [3.8, 4) is 0 Å². The van der Waals surface area contributed by atoms with Crippen LogP contribution in [0.1, 0.15) is 32.6 Å². The summed E-state index contributed by atoms with van der Waals surface area (Å²) in [5, 5.41) is 0. The predicted molar refractivity (Wildman–Crippen MR) is 57.0 cm³/mol. The van der Waals surface area contributed by atoms with E-state index in [2.05, 4.69) is 0 Å². The summed E-state index contributed by atoms with van der Waals surface area (Å²) in [6, 6.07) is 0. The Balaban J connectivity index is 2.21. The van der Waals surface area contributed by atoms with Crippen molar-refractivity contribution in [2.45, 2.75) is 38.7 Å². The molecule has 0 aromatic carbocycles. The molecule has 0 amide bonds. The molecule has 0 unspecified atom stereocenters. The van der Waals surface area contributed by atoms with Gasteiger partial charge in [-0.25, -0.2) is 0 Å². The molecule has 2 aliphatic rings. The van der Waals surface area contributed by atoms with Crippen LogP contribution in [0.3, 0.4) is 0 Å². The quantitative estimate of drug-likeness (QED) is 0.528. The molecule has 2 fully saturated rings. The van der Waals surface area contributed by atoms with E-state index in [-0.39, 0.29) is 18.8 Å². The molecule has 0 saturated carbocycles. The van der Waals surface area contributed by atoms with E-state index in [1.807, 2.05) is 0 Å². The lowest BCUT2D eigenvalue weighted by Crippen LogP contribution is -2.32. The molecule has 94 valence electrons. The lowest BCUT2D eigenvalue weighted by atomic mass is 9.85. The normalized spacial score (nSPS) is 32.6. The average molecular weight is 240 g/mol. The zero-order valence-electron chi connectivity index (χ0n) is 9.81. The highest BCUT2D eigenvalue weighted by Gasteiger charge is 2.44. The van der Waals surface area contributed by atoms with Crippen LogP contribution >= 0.6 is 0 Å². The van der Waals surface area contributed by atoms with Gasteiger partial charge in [0.25, 0.3) is 0 Å². The van der Waals surface area contributed by atoms with Gasteiger partial charge in [-0.1, -0.05) is 0 Å². The summed E-state index contributed by atoms with van der Waals surface area (Å²) < 4.78 is 10.2. The number of fused-ring (bicyclic) bond motifs is 3. The van der Waals surface area contributed by atoms with Crippen LogP contribution in [0, 0.1) is 11.8 Å². The maximum absolute atomic E-state index is 11.8. The highest BCUT2D eigenvalue weighted by Crippen LogP contribution is 2.32. The minimum absolute atomic E-state index is 0.0694. The van der Waals surface area contributed by atoms with Crippen molar-refractivity contribution in [2.75, 3.05) is 6.61 Å². The van der Waals surface area contributed by atoms with Crippen LogP contribution in [0.25, 0.3) is 0 Å². The molecule has 2 rings (SSSR count). The Morgan fingerprint density at radius 1 is 1.41 bits per heavy atom. The van der Waals surface area contributed by atoms with Crippen LogP contribution in [0.15, 0.2) is 0 Å². The van der Waals surface area contributed by atoms with Gasteiger partial charge in [0.05, 0.1) is 6.61 Å². The van der Waals surface area contributed by atoms with Gasteiger partial charge in [-0.3, -0.25) is 14.4 Å². The molecule has 5 heteroatoms. The number of ketones is 1. The predicted octanol–water partition coefficient (Wildman–Crippen LogP) is 0.850. The van der Waals surface area contributed by atoms with Crippen LogP contribution in [0.4, 0.5) is 0 Å². The molecule has 0 aromatic heterocycles. The summed E-state index contributed by atoms with van der Waals surface area (Å²) in [4.78, 5) is 35.2.